The third-order valence-corrected chi connectivity index (χ3v) is 13.0. The molecule has 1 N–H and O–H groups in total. The minimum absolute atomic E-state index is 0.0322. The molecule has 1 amide bonds. The van der Waals surface area contributed by atoms with E-state index in [9.17, 15) is 14.7 Å². The lowest BCUT2D eigenvalue weighted by Gasteiger charge is -2.64. The van der Waals surface area contributed by atoms with Crippen LogP contribution in [0.25, 0.3) is 0 Å². The molecule has 8 atom stereocenters. The van der Waals surface area contributed by atoms with Crippen LogP contribution in [0.3, 0.4) is 0 Å². The standard InChI is InChI=1S/C38H54N2O3/c1-26(41)39-20-22-40(23-21-39)28-10-14-35(5,15-11-28)32-25-37(7)31(13-17-38(37,43)19-18-34(2,3)4)30-9-8-27-24-29(42)12-16-36(27,6)33(30)32/h10-11,14,24,30-33,43H,8-9,12-13,15-17,20-23,25H2,1-7H3/t30-,31-,32-,33+,35?,36-,37-,38+/m0/s1. The molecule has 6 rings (SSSR count). The molecule has 5 heteroatoms. The van der Waals surface area contributed by atoms with Crippen molar-refractivity contribution in [3.05, 3.63) is 35.6 Å². The predicted molar refractivity (Wildman–Crippen MR) is 172 cm³/mol. The van der Waals surface area contributed by atoms with E-state index in [0.29, 0.717) is 35.9 Å². The van der Waals surface area contributed by atoms with Gasteiger partial charge in [-0.25, -0.2) is 0 Å². The van der Waals surface area contributed by atoms with E-state index in [1.165, 1.54) is 11.3 Å². The topological polar surface area (TPSA) is 60.9 Å². The Morgan fingerprint density at radius 1 is 1.02 bits per heavy atom. The van der Waals surface area contributed by atoms with Crippen LogP contribution in [0.4, 0.5) is 0 Å². The van der Waals surface area contributed by atoms with Crippen LogP contribution in [-0.4, -0.2) is 58.4 Å². The van der Waals surface area contributed by atoms with Crippen molar-refractivity contribution >= 4 is 11.7 Å². The second kappa shape index (κ2) is 10.4. The summed E-state index contributed by atoms with van der Waals surface area (Å²) >= 11 is 0. The van der Waals surface area contributed by atoms with Gasteiger partial charge in [0.05, 0.1) is 0 Å². The summed E-state index contributed by atoms with van der Waals surface area (Å²) in [5, 5.41) is 12.4. The molecule has 3 saturated carbocycles. The minimum atomic E-state index is -0.972. The number of carbonyl (C=O) groups excluding carboxylic acids is 2. The Morgan fingerprint density at radius 3 is 2.37 bits per heavy atom. The maximum atomic E-state index is 12.6. The Bertz CT molecular complexity index is 1330. The summed E-state index contributed by atoms with van der Waals surface area (Å²) in [6, 6.07) is 0. The summed E-state index contributed by atoms with van der Waals surface area (Å²) in [4.78, 5) is 28.9. The number of rotatable bonds is 2. The lowest BCUT2D eigenvalue weighted by Crippen LogP contribution is -2.60. The van der Waals surface area contributed by atoms with E-state index >= 15 is 0 Å². The number of amides is 1. The van der Waals surface area contributed by atoms with Crippen LogP contribution in [0.2, 0.25) is 0 Å². The molecule has 0 spiro atoms. The molecule has 1 heterocycles. The molecule has 0 radical (unpaired) electrons. The molecule has 1 unspecified atom stereocenters. The number of hydrogen-bond donors (Lipinski definition) is 1. The van der Waals surface area contributed by atoms with E-state index in [0.717, 1.165) is 71.1 Å². The number of aliphatic hydroxyl groups is 1. The zero-order valence-electron chi connectivity index (χ0n) is 27.8. The Hall–Kier alpha value is -2.32. The van der Waals surface area contributed by atoms with Gasteiger partial charge in [0.25, 0.3) is 0 Å². The molecule has 1 saturated heterocycles. The molecule has 5 aliphatic carbocycles. The van der Waals surface area contributed by atoms with Crippen molar-refractivity contribution in [1.82, 2.24) is 9.80 Å². The van der Waals surface area contributed by atoms with Gasteiger partial charge in [-0.1, -0.05) is 50.3 Å². The number of carbonyl (C=O) groups is 2. The largest absolute Gasteiger partial charge is 0.377 e. The summed E-state index contributed by atoms with van der Waals surface area (Å²) < 4.78 is 0. The number of hydrogen-bond acceptors (Lipinski definition) is 4. The zero-order valence-corrected chi connectivity index (χ0v) is 27.8. The van der Waals surface area contributed by atoms with Crippen LogP contribution < -0.4 is 0 Å². The van der Waals surface area contributed by atoms with Crippen LogP contribution in [0, 0.1) is 57.2 Å². The number of allylic oxidation sites excluding steroid dienone is 4. The smallest absolute Gasteiger partial charge is 0.219 e. The first-order valence-corrected chi connectivity index (χ1v) is 17.0. The fourth-order valence-electron chi connectivity index (χ4n) is 10.4. The van der Waals surface area contributed by atoms with Gasteiger partial charge in [-0.05, 0) is 112 Å². The third kappa shape index (κ3) is 5.04. The van der Waals surface area contributed by atoms with Crippen molar-refractivity contribution in [2.24, 2.45) is 45.3 Å². The van der Waals surface area contributed by atoms with Gasteiger partial charge in [0, 0.05) is 56.1 Å². The number of fused-ring (bicyclic) bond motifs is 5. The van der Waals surface area contributed by atoms with Gasteiger partial charge in [-0.15, -0.1) is 0 Å². The number of piperazine rings is 1. The van der Waals surface area contributed by atoms with Gasteiger partial charge >= 0.3 is 0 Å². The van der Waals surface area contributed by atoms with Gasteiger partial charge in [-0.3, -0.25) is 9.59 Å². The van der Waals surface area contributed by atoms with Crippen LogP contribution in [0.5, 0.6) is 0 Å². The van der Waals surface area contributed by atoms with Crippen LogP contribution in [0.15, 0.2) is 35.6 Å². The van der Waals surface area contributed by atoms with Crippen molar-refractivity contribution < 1.29 is 14.7 Å². The molecule has 1 aliphatic heterocycles. The molecule has 4 fully saturated rings. The highest BCUT2D eigenvalue weighted by molar-refractivity contribution is 5.91. The second-order valence-corrected chi connectivity index (χ2v) is 16.7. The average Bonchev–Trinajstić information content (AvgIpc) is 3.22. The second-order valence-electron chi connectivity index (χ2n) is 16.7. The molecule has 6 aliphatic rings. The van der Waals surface area contributed by atoms with Crippen molar-refractivity contribution in [1.29, 1.82) is 0 Å². The summed E-state index contributed by atoms with van der Waals surface area (Å²) in [6.45, 7) is 18.7. The lowest BCUT2D eigenvalue weighted by atomic mass is 9.40. The average molecular weight is 587 g/mol. The SMILES string of the molecule is CC(=O)N1CCN(C2=CCC(C)([C@H]3C[C@@]4(C)[C@@H](CC[C@@]4(O)C#CC(C)(C)C)[C@@H]4CCC5=CC(=O)CC[C@]5(C)[C@H]43)C=C2)CC1. The molecule has 0 bridgehead atoms. The van der Waals surface area contributed by atoms with Gasteiger partial charge in [0.15, 0.2) is 5.78 Å². The van der Waals surface area contributed by atoms with Gasteiger partial charge < -0.3 is 14.9 Å². The molecule has 234 valence electrons. The highest BCUT2D eigenvalue weighted by atomic mass is 16.3. The van der Waals surface area contributed by atoms with Gasteiger partial charge in [-0.2, -0.15) is 0 Å². The number of nitrogens with zero attached hydrogens (tertiary/aromatic N) is 2. The first-order valence-electron chi connectivity index (χ1n) is 17.0. The molecule has 0 aromatic carbocycles. The summed E-state index contributed by atoms with van der Waals surface area (Å²) in [5.74, 6) is 9.24. The van der Waals surface area contributed by atoms with Gasteiger partial charge in [0.1, 0.15) is 5.60 Å². The lowest BCUT2D eigenvalue weighted by molar-refractivity contribution is -0.150. The first kappa shape index (κ1) is 30.7. The van der Waals surface area contributed by atoms with E-state index in [-0.39, 0.29) is 27.6 Å². The van der Waals surface area contributed by atoms with Crippen LogP contribution >= 0.6 is 0 Å². The minimum Gasteiger partial charge on any atom is -0.377 e. The molecule has 43 heavy (non-hydrogen) atoms. The predicted octanol–water partition coefficient (Wildman–Crippen LogP) is 6.54. The summed E-state index contributed by atoms with van der Waals surface area (Å²) in [7, 11) is 0. The molecule has 0 aromatic heterocycles. The normalized spacial score (nSPS) is 42.7. The summed E-state index contributed by atoms with van der Waals surface area (Å²) in [5.41, 5.74) is 1.28. The van der Waals surface area contributed by atoms with Crippen molar-refractivity contribution in [2.45, 2.75) is 105 Å². The van der Waals surface area contributed by atoms with Crippen LogP contribution in [0.1, 0.15) is 99.8 Å². The third-order valence-electron chi connectivity index (χ3n) is 13.0. The monoisotopic (exact) mass is 586 g/mol. The van der Waals surface area contributed by atoms with Gasteiger partial charge in [0.2, 0.25) is 5.91 Å². The van der Waals surface area contributed by atoms with E-state index in [1.54, 1.807) is 6.92 Å². The Morgan fingerprint density at radius 2 is 1.74 bits per heavy atom. The van der Waals surface area contributed by atoms with E-state index in [1.807, 2.05) is 11.0 Å². The Balaban J connectivity index is 1.36. The molecular weight excluding hydrogens is 532 g/mol. The van der Waals surface area contributed by atoms with E-state index in [2.05, 4.69) is 76.5 Å². The highest BCUT2D eigenvalue weighted by Gasteiger charge is 2.68. The van der Waals surface area contributed by atoms with E-state index < -0.39 is 5.60 Å². The first-order chi connectivity index (χ1) is 20.1. The maximum Gasteiger partial charge on any atom is 0.219 e. The maximum absolute atomic E-state index is 12.6. The zero-order chi connectivity index (χ0) is 31.0. The molecular formula is C38H54N2O3. The quantitative estimate of drug-likeness (QED) is 0.374. The fraction of sp³-hybridized carbons (Fsp3) is 0.737. The Kier molecular flexibility index (Phi) is 7.40. The summed E-state index contributed by atoms with van der Waals surface area (Å²) in [6.07, 6.45) is 16.8. The van der Waals surface area contributed by atoms with Crippen molar-refractivity contribution in [3.63, 3.8) is 0 Å². The fourth-order valence-corrected chi connectivity index (χ4v) is 10.4. The highest BCUT2D eigenvalue weighted by Crippen LogP contribution is 2.71. The van der Waals surface area contributed by atoms with E-state index in [4.69, 9.17) is 0 Å². The molecule has 5 nitrogen and oxygen atoms in total. The Labute approximate surface area is 260 Å². The van der Waals surface area contributed by atoms with Crippen molar-refractivity contribution in [3.8, 4) is 11.8 Å². The molecule has 0 aromatic rings. The van der Waals surface area contributed by atoms with Crippen LogP contribution in [-0.2, 0) is 9.59 Å². The number of ketones is 1. The van der Waals surface area contributed by atoms with Crippen molar-refractivity contribution in [2.75, 3.05) is 26.2 Å².